The Labute approximate surface area is 145 Å². The minimum absolute atomic E-state index is 0.172. The van der Waals surface area contributed by atoms with Crippen LogP contribution >= 0.6 is 0 Å². The first-order valence-electron chi connectivity index (χ1n) is 8.25. The monoisotopic (exact) mass is 355 g/mol. The molecule has 0 saturated heterocycles. The lowest BCUT2D eigenvalue weighted by Gasteiger charge is -2.11. The predicted octanol–water partition coefficient (Wildman–Crippen LogP) is 1.69. The lowest BCUT2D eigenvalue weighted by Crippen LogP contribution is -2.28. The van der Waals surface area contributed by atoms with Gasteiger partial charge in [-0.25, -0.2) is 13.1 Å². The molecule has 2 N–H and O–H groups in total. The molecule has 1 rings (SSSR count). The van der Waals surface area contributed by atoms with Crippen LogP contribution in [0.2, 0.25) is 0 Å². The normalized spacial score (nSPS) is 11.9. The highest BCUT2D eigenvalue weighted by Gasteiger charge is 2.14. The van der Waals surface area contributed by atoms with Crippen molar-refractivity contribution in [1.29, 1.82) is 0 Å². The maximum atomic E-state index is 12.2. The van der Waals surface area contributed by atoms with Gasteiger partial charge in [-0.15, -0.1) is 0 Å². The summed E-state index contributed by atoms with van der Waals surface area (Å²) in [5, 5.41) is 2.83. The molecule has 136 valence electrons. The first-order valence-corrected chi connectivity index (χ1v) is 9.73. The van der Waals surface area contributed by atoms with E-state index in [-0.39, 0.29) is 10.8 Å². The summed E-state index contributed by atoms with van der Waals surface area (Å²) in [5.74, 6) is 0.343. The van der Waals surface area contributed by atoms with Gasteiger partial charge >= 0.3 is 0 Å². The zero-order valence-corrected chi connectivity index (χ0v) is 15.8. The number of hydrogen-bond acceptors (Lipinski definition) is 4. The van der Waals surface area contributed by atoms with Crippen LogP contribution < -0.4 is 10.0 Å². The fourth-order valence-corrected chi connectivity index (χ4v) is 3.12. The molecule has 1 aromatic rings. The molecule has 0 bridgehead atoms. The van der Waals surface area contributed by atoms with Crippen LogP contribution in [0.25, 0.3) is 0 Å². The van der Waals surface area contributed by atoms with E-state index in [4.69, 9.17) is 0 Å². The van der Waals surface area contributed by atoms with Crippen molar-refractivity contribution in [2.24, 2.45) is 5.92 Å². The lowest BCUT2D eigenvalue weighted by atomic mass is 10.1. The number of amides is 1. The third-order valence-corrected chi connectivity index (χ3v) is 4.99. The zero-order valence-electron chi connectivity index (χ0n) is 15.0. The maximum Gasteiger partial charge on any atom is 0.251 e. The van der Waals surface area contributed by atoms with E-state index in [2.05, 4.69) is 23.9 Å². The molecule has 0 saturated carbocycles. The molecule has 0 aliphatic heterocycles. The highest BCUT2D eigenvalue weighted by Crippen LogP contribution is 2.10. The van der Waals surface area contributed by atoms with Gasteiger partial charge < -0.3 is 10.2 Å². The van der Waals surface area contributed by atoms with E-state index in [1.807, 2.05) is 19.0 Å². The second-order valence-corrected chi connectivity index (χ2v) is 8.28. The molecule has 0 unspecified atom stereocenters. The smallest absolute Gasteiger partial charge is 0.251 e. The summed E-state index contributed by atoms with van der Waals surface area (Å²) < 4.78 is 26.9. The molecule has 0 atom stereocenters. The van der Waals surface area contributed by atoms with Gasteiger partial charge in [-0.3, -0.25) is 4.79 Å². The van der Waals surface area contributed by atoms with Crippen molar-refractivity contribution < 1.29 is 13.2 Å². The predicted molar refractivity (Wildman–Crippen MR) is 96.6 cm³/mol. The minimum atomic E-state index is -3.53. The quantitative estimate of drug-likeness (QED) is 0.626. The Balaban J connectivity index is 2.57. The summed E-state index contributed by atoms with van der Waals surface area (Å²) in [7, 11) is 0.359. The van der Waals surface area contributed by atoms with E-state index >= 15 is 0 Å². The van der Waals surface area contributed by atoms with Gasteiger partial charge in [0.2, 0.25) is 10.0 Å². The molecule has 0 aliphatic rings. The van der Waals surface area contributed by atoms with Crippen LogP contribution in [0.4, 0.5) is 0 Å². The van der Waals surface area contributed by atoms with E-state index < -0.39 is 10.0 Å². The van der Waals surface area contributed by atoms with Crippen LogP contribution in [0.1, 0.15) is 37.0 Å². The molecule has 0 radical (unpaired) electrons. The van der Waals surface area contributed by atoms with E-state index in [1.165, 1.54) is 12.1 Å². The largest absolute Gasteiger partial charge is 0.352 e. The van der Waals surface area contributed by atoms with Gasteiger partial charge in [-0.2, -0.15) is 0 Å². The molecule has 1 aromatic carbocycles. The fourth-order valence-electron chi connectivity index (χ4n) is 2.05. The molecule has 0 aliphatic carbocycles. The average molecular weight is 356 g/mol. The van der Waals surface area contributed by atoms with Gasteiger partial charge in [0.15, 0.2) is 0 Å². The minimum Gasteiger partial charge on any atom is -0.352 e. The zero-order chi connectivity index (χ0) is 18.2. The van der Waals surface area contributed by atoms with Crippen molar-refractivity contribution in [2.75, 3.05) is 33.7 Å². The molecule has 24 heavy (non-hydrogen) atoms. The van der Waals surface area contributed by atoms with E-state index in [0.29, 0.717) is 24.6 Å². The summed E-state index contributed by atoms with van der Waals surface area (Å²) in [4.78, 5) is 14.2. The number of benzene rings is 1. The molecule has 0 fully saturated rings. The first-order chi connectivity index (χ1) is 11.2. The molecule has 0 aromatic heterocycles. The Morgan fingerprint density at radius 2 is 1.75 bits per heavy atom. The third kappa shape index (κ3) is 7.42. The number of carbonyl (C=O) groups is 1. The summed E-state index contributed by atoms with van der Waals surface area (Å²) in [5.41, 5.74) is 0.463. The molecule has 6 nitrogen and oxygen atoms in total. The summed E-state index contributed by atoms with van der Waals surface area (Å²) >= 11 is 0. The summed E-state index contributed by atoms with van der Waals surface area (Å²) in [6, 6.07) is 6.01. The highest BCUT2D eigenvalue weighted by molar-refractivity contribution is 7.89. The van der Waals surface area contributed by atoms with Crippen molar-refractivity contribution in [2.45, 2.75) is 31.6 Å². The van der Waals surface area contributed by atoms with Crippen LogP contribution in [-0.2, 0) is 10.0 Å². The van der Waals surface area contributed by atoms with Crippen LogP contribution in [0.3, 0.4) is 0 Å². The number of nitrogens with one attached hydrogen (secondary N) is 2. The number of sulfonamides is 1. The van der Waals surface area contributed by atoms with Gasteiger partial charge in [-0.1, -0.05) is 13.8 Å². The summed E-state index contributed by atoms with van der Waals surface area (Å²) in [6.07, 6.45) is 1.65. The highest BCUT2D eigenvalue weighted by atomic mass is 32.2. The molecular weight excluding hydrogens is 326 g/mol. The second kappa shape index (κ2) is 9.76. The molecular formula is C17H29N3O3S. The lowest BCUT2D eigenvalue weighted by molar-refractivity contribution is 0.0952. The number of hydrogen-bond donors (Lipinski definition) is 2. The van der Waals surface area contributed by atoms with Gasteiger partial charge in [0.1, 0.15) is 0 Å². The van der Waals surface area contributed by atoms with Crippen LogP contribution in [-0.4, -0.2) is 53.0 Å². The molecule has 0 heterocycles. The van der Waals surface area contributed by atoms with Crippen LogP contribution in [0, 0.1) is 5.92 Å². The number of rotatable bonds is 10. The van der Waals surface area contributed by atoms with E-state index in [9.17, 15) is 13.2 Å². The van der Waals surface area contributed by atoms with Crippen LogP contribution in [0.15, 0.2) is 29.2 Å². The summed E-state index contributed by atoms with van der Waals surface area (Å²) in [6.45, 7) is 6.01. The fraction of sp³-hybridized carbons (Fsp3) is 0.588. The molecule has 1 amide bonds. The Kier molecular flexibility index (Phi) is 8.38. The van der Waals surface area contributed by atoms with Gasteiger partial charge in [0, 0.05) is 18.7 Å². The second-order valence-electron chi connectivity index (χ2n) is 6.52. The van der Waals surface area contributed by atoms with Gasteiger partial charge in [0.05, 0.1) is 4.90 Å². The van der Waals surface area contributed by atoms with Crippen molar-refractivity contribution in [3.8, 4) is 0 Å². The van der Waals surface area contributed by atoms with Gasteiger partial charge in [0.25, 0.3) is 5.91 Å². The van der Waals surface area contributed by atoms with E-state index in [1.54, 1.807) is 12.1 Å². The average Bonchev–Trinajstić information content (AvgIpc) is 2.51. The third-order valence-electron chi connectivity index (χ3n) is 3.51. The maximum absolute atomic E-state index is 12.2. The molecule has 0 spiro atoms. The Morgan fingerprint density at radius 3 is 2.29 bits per heavy atom. The first kappa shape index (κ1) is 20.6. The van der Waals surface area contributed by atoms with Crippen molar-refractivity contribution in [1.82, 2.24) is 14.9 Å². The Bertz CT molecular complexity index is 610. The Morgan fingerprint density at radius 1 is 1.12 bits per heavy atom. The van der Waals surface area contributed by atoms with E-state index in [0.717, 1.165) is 19.4 Å². The van der Waals surface area contributed by atoms with Crippen molar-refractivity contribution in [3.63, 3.8) is 0 Å². The SMILES string of the molecule is CC(C)CCNC(=O)c1ccc(S(=O)(=O)NCCCN(C)C)cc1. The molecule has 7 heteroatoms. The topological polar surface area (TPSA) is 78.5 Å². The number of carbonyl (C=O) groups excluding carboxylic acids is 1. The van der Waals surface area contributed by atoms with Crippen LogP contribution in [0.5, 0.6) is 0 Å². The number of nitrogens with zero attached hydrogens (tertiary/aromatic N) is 1. The standard InChI is InChI=1S/C17H29N3O3S/c1-14(2)10-12-18-17(21)15-6-8-16(9-7-15)24(22,23)19-11-5-13-20(3)4/h6-9,14,19H,5,10-13H2,1-4H3,(H,18,21). The Hall–Kier alpha value is -1.44. The van der Waals surface area contributed by atoms with Crippen molar-refractivity contribution >= 4 is 15.9 Å². The van der Waals surface area contributed by atoms with Gasteiger partial charge in [-0.05, 0) is 63.7 Å². The van der Waals surface area contributed by atoms with Crippen molar-refractivity contribution in [3.05, 3.63) is 29.8 Å².